The van der Waals surface area contributed by atoms with Gasteiger partial charge in [0.2, 0.25) is 5.91 Å². The number of hydrogen-bond donors (Lipinski definition) is 0. The minimum Gasteiger partial charge on any atom is -0.382 e. The van der Waals surface area contributed by atoms with Crippen LogP contribution in [0.25, 0.3) is 0 Å². The second-order valence-electron chi connectivity index (χ2n) is 8.27. The molecule has 2 aromatic carbocycles. The van der Waals surface area contributed by atoms with Crippen LogP contribution in [-0.2, 0) is 31.8 Å². The predicted octanol–water partition coefficient (Wildman–Crippen LogP) is 4.42. The zero-order valence-corrected chi connectivity index (χ0v) is 20.4. The smallest absolute Gasteiger partial charge is 0.382 e. The van der Waals surface area contributed by atoms with Gasteiger partial charge in [0.1, 0.15) is 6.61 Å². The second kappa shape index (κ2) is 13.2. The fourth-order valence-electron chi connectivity index (χ4n) is 3.73. The number of halogens is 4. The molecule has 192 valence electrons. The molecule has 10 heteroatoms. The van der Waals surface area contributed by atoms with Crippen molar-refractivity contribution in [1.29, 1.82) is 0 Å². The standard InChI is InChI=1S/C25H30ClF3N2O4/c1-33-14-15-34-18-24(32)31-12-10-30(11-13-31)16-23(20-4-8-22(26)9-5-20)35-17-19-2-6-21(7-3-19)25(27,28)29/h2-9,23H,10-18H2,1H3. The lowest BCUT2D eigenvalue weighted by atomic mass is 10.1. The zero-order chi connectivity index (χ0) is 25.3. The number of amides is 1. The van der Waals surface area contributed by atoms with Gasteiger partial charge < -0.3 is 19.1 Å². The van der Waals surface area contributed by atoms with Gasteiger partial charge >= 0.3 is 6.18 Å². The van der Waals surface area contributed by atoms with Crippen molar-refractivity contribution in [3.05, 3.63) is 70.2 Å². The van der Waals surface area contributed by atoms with Crippen molar-refractivity contribution in [3.8, 4) is 0 Å². The molecule has 1 fully saturated rings. The Morgan fingerprint density at radius 1 is 1.00 bits per heavy atom. The van der Waals surface area contributed by atoms with Gasteiger partial charge in [-0.05, 0) is 35.4 Å². The maximum atomic E-state index is 12.8. The highest BCUT2D eigenvalue weighted by molar-refractivity contribution is 6.30. The fourth-order valence-corrected chi connectivity index (χ4v) is 3.85. The topological polar surface area (TPSA) is 51.2 Å². The van der Waals surface area contributed by atoms with Crippen LogP contribution in [0.2, 0.25) is 5.02 Å². The molecule has 1 unspecified atom stereocenters. The number of carbonyl (C=O) groups excluding carboxylic acids is 1. The number of methoxy groups -OCH3 is 1. The van der Waals surface area contributed by atoms with Crippen molar-refractivity contribution in [2.75, 3.05) is 59.7 Å². The SMILES string of the molecule is COCCOCC(=O)N1CCN(CC(OCc2ccc(C(F)(F)F)cc2)c2ccc(Cl)cc2)CC1. The van der Waals surface area contributed by atoms with E-state index in [0.717, 1.165) is 17.7 Å². The minimum absolute atomic E-state index is 0.0347. The van der Waals surface area contributed by atoms with E-state index in [9.17, 15) is 18.0 Å². The summed E-state index contributed by atoms with van der Waals surface area (Å²) in [6, 6.07) is 12.3. The van der Waals surface area contributed by atoms with E-state index >= 15 is 0 Å². The molecule has 1 atom stereocenters. The molecule has 1 saturated heterocycles. The summed E-state index contributed by atoms with van der Waals surface area (Å²) >= 11 is 6.03. The largest absolute Gasteiger partial charge is 0.416 e. The molecular weight excluding hydrogens is 485 g/mol. The van der Waals surface area contributed by atoms with Gasteiger partial charge in [0.25, 0.3) is 0 Å². The molecule has 0 N–H and O–H groups in total. The average Bonchev–Trinajstić information content (AvgIpc) is 2.85. The van der Waals surface area contributed by atoms with E-state index in [1.54, 1.807) is 24.1 Å². The molecule has 35 heavy (non-hydrogen) atoms. The number of rotatable bonds is 11. The van der Waals surface area contributed by atoms with Crippen LogP contribution >= 0.6 is 11.6 Å². The molecular formula is C25H30ClF3N2O4. The number of piperazine rings is 1. The number of hydrogen-bond acceptors (Lipinski definition) is 5. The first-order valence-electron chi connectivity index (χ1n) is 11.4. The van der Waals surface area contributed by atoms with Crippen molar-refractivity contribution >= 4 is 17.5 Å². The van der Waals surface area contributed by atoms with E-state index in [1.807, 2.05) is 12.1 Å². The predicted molar refractivity (Wildman–Crippen MR) is 126 cm³/mol. The highest BCUT2D eigenvalue weighted by Crippen LogP contribution is 2.29. The Balaban J connectivity index is 1.56. The monoisotopic (exact) mass is 514 g/mol. The first kappa shape index (κ1) is 27.4. The fraction of sp³-hybridized carbons (Fsp3) is 0.480. The first-order chi connectivity index (χ1) is 16.8. The molecule has 6 nitrogen and oxygen atoms in total. The van der Waals surface area contributed by atoms with Crippen LogP contribution in [0.3, 0.4) is 0 Å². The van der Waals surface area contributed by atoms with Gasteiger partial charge in [0.05, 0.1) is 31.5 Å². The van der Waals surface area contributed by atoms with E-state index in [1.165, 1.54) is 12.1 Å². The minimum atomic E-state index is -4.37. The van der Waals surface area contributed by atoms with Gasteiger partial charge in [-0.2, -0.15) is 13.2 Å². The molecule has 0 spiro atoms. The molecule has 0 radical (unpaired) electrons. The molecule has 0 aliphatic carbocycles. The maximum Gasteiger partial charge on any atom is 0.416 e. The summed E-state index contributed by atoms with van der Waals surface area (Å²) in [4.78, 5) is 16.3. The summed E-state index contributed by atoms with van der Waals surface area (Å²) in [6.45, 7) is 4.12. The molecule has 3 rings (SSSR count). The van der Waals surface area contributed by atoms with E-state index in [2.05, 4.69) is 4.90 Å². The normalized spacial score (nSPS) is 15.9. The summed E-state index contributed by atoms with van der Waals surface area (Å²) in [5, 5.41) is 0.607. The number of alkyl halides is 3. The Labute approximate surface area is 208 Å². The lowest BCUT2D eigenvalue weighted by molar-refractivity contribution is -0.139. The van der Waals surface area contributed by atoms with E-state index in [4.69, 9.17) is 25.8 Å². The van der Waals surface area contributed by atoms with Crippen molar-refractivity contribution in [2.45, 2.75) is 18.9 Å². The van der Waals surface area contributed by atoms with Crippen molar-refractivity contribution < 1.29 is 32.2 Å². The quantitative estimate of drug-likeness (QED) is 0.415. The third-order valence-electron chi connectivity index (χ3n) is 5.78. The summed E-state index contributed by atoms with van der Waals surface area (Å²) < 4.78 is 54.9. The van der Waals surface area contributed by atoms with Crippen LogP contribution in [0.4, 0.5) is 13.2 Å². The van der Waals surface area contributed by atoms with Crippen LogP contribution in [0.5, 0.6) is 0 Å². The number of nitrogens with zero attached hydrogens (tertiary/aromatic N) is 2. The molecule has 1 aliphatic heterocycles. The lowest BCUT2D eigenvalue weighted by Crippen LogP contribution is -2.50. The molecule has 0 saturated carbocycles. The highest BCUT2D eigenvalue weighted by Gasteiger charge is 2.30. The Morgan fingerprint density at radius 2 is 1.66 bits per heavy atom. The summed E-state index contributed by atoms with van der Waals surface area (Å²) in [5.74, 6) is -0.0476. The van der Waals surface area contributed by atoms with Gasteiger partial charge in [-0.25, -0.2) is 0 Å². The molecule has 1 heterocycles. The lowest BCUT2D eigenvalue weighted by Gasteiger charge is -2.36. The molecule has 1 aliphatic rings. The Kier molecular flexibility index (Phi) is 10.4. The Bertz CT molecular complexity index is 918. The van der Waals surface area contributed by atoms with E-state index in [0.29, 0.717) is 56.5 Å². The Morgan fingerprint density at radius 3 is 2.26 bits per heavy atom. The van der Waals surface area contributed by atoms with Crippen LogP contribution in [0, 0.1) is 0 Å². The Hall–Kier alpha value is -2.17. The van der Waals surface area contributed by atoms with Gasteiger partial charge in [-0.3, -0.25) is 9.69 Å². The second-order valence-corrected chi connectivity index (χ2v) is 8.71. The van der Waals surface area contributed by atoms with Gasteiger partial charge in [0.15, 0.2) is 0 Å². The molecule has 0 bridgehead atoms. The average molecular weight is 515 g/mol. The van der Waals surface area contributed by atoms with Crippen molar-refractivity contribution in [1.82, 2.24) is 9.80 Å². The number of carbonyl (C=O) groups is 1. The van der Waals surface area contributed by atoms with E-state index in [-0.39, 0.29) is 25.2 Å². The van der Waals surface area contributed by atoms with Crippen LogP contribution in [0.1, 0.15) is 22.8 Å². The summed E-state index contributed by atoms with van der Waals surface area (Å²) in [5.41, 5.74) is 0.888. The maximum absolute atomic E-state index is 12.8. The van der Waals surface area contributed by atoms with Crippen LogP contribution in [-0.4, -0.2) is 75.4 Å². The third-order valence-corrected chi connectivity index (χ3v) is 6.03. The van der Waals surface area contributed by atoms with Gasteiger partial charge in [0, 0.05) is 44.9 Å². The van der Waals surface area contributed by atoms with Crippen LogP contribution < -0.4 is 0 Å². The van der Waals surface area contributed by atoms with E-state index < -0.39 is 11.7 Å². The highest BCUT2D eigenvalue weighted by atomic mass is 35.5. The van der Waals surface area contributed by atoms with Crippen molar-refractivity contribution in [3.63, 3.8) is 0 Å². The third kappa shape index (κ3) is 8.77. The first-order valence-corrected chi connectivity index (χ1v) is 11.7. The van der Waals surface area contributed by atoms with Gasteiger partial charge in [-0.15, -0.1) is 0 Å². The number of benzene rings is 2. The molecule has 2 aromatic rings. The van der Waals surface area contributed by atoms with Crippen molar-refractivity contribution in [2.24, 2.45) is 0 Å². The zero-order valence-electron chi connectivity index (χ0n) is 19.6. The van der Waals surface area contributed by atoms with Gasteiger partial charge in [-0.1, -0.05) is 35.9 Å². The number of ether oxygens (including phenoxy) is 3. The summed E-state index contributed by atoms with van der Waals surface area (Å²) in [6.07, 6.45) is -4.68. The summed E-state index contributed by atoms with van der Waals surface area (Å²) in [7, 11) is 1.58. The van der Waals surface area contributed by atoms with Crippen LogP contribution in [0.15, 0.2) is 48.5 Å². The molecule has 0 aromatic heterocycles. The molecule has 1 amide bonds.